The van der Waals surface area contributed by atoms with Crippen molar-refractivity contribution in [2.45, 2.75) is 5.22 Å². The molecule has 2 aromatic carbocycles. The van der Waals surface area contributed by atoms with E-state index in [4.69, 9.17) is 18.6 Å². The molecule has 0 unspecified atom stereocenters. The van der Waals surface area contributed by atoms with Crippen LogP contribution in [-0.4, -0.2) is 43.2 Å². The fourth-order valence-corrected chi connectivity index (χ4v) is 2.98. The Balaban J connectivity index is 1.64. The Morgan fingerprint density at radius 3 is 2.57 bits per heavy atom. The SMILES string of the molecule is COc1ccc(-c2nnc(SCC(=O)Nc3ccccc3OC)o2)c(OC)c1. The van der Waals surface area contributed by atoms with Gasteiger partial charge in [-0.2, -0.15) is 0 Å². The minimum Gasteiger partial charge on any atom is -0.497 e. The molecule has 0 aliphatic rings. The number of carbonyl (C=O) groups excluding carboxylic acids is 1. The number of rotatable bonds is 8. The Kier molecular flexibility index (Phi) is 6.38. The number of nitrogens with zero attached hydrogens (tertiary/aromatic N) is 2. The number of aromatic nitrogens is 2. The lowest BCUT2D eigenvalue weighted by Crippen LogP contribution is -2.14. The average Bonchev–Trinajstić information content (AvgIpc) is 3.21. The summed E-state index contributed by atoms with van der Waals surface area (Å²) in [7, 11) is 4.67. The van der Waals surface area contributed by atoms with E-state index in [1.165, 1.54) is 0 Å². The maximum absolute atomic E-state index is 12.2. The number of hydrogen-bond acceptors (Lipinski definition) is 8. The number of amides is 1. The Morgan fingerprint density at radius 1 is 1.04 bits per heavy atom. The van der Waals surface area contributed by atoms with Crippen molar-refractivity contribution in [3.8, 4) is 28.7 Å². The van der Waals surface area contributed by atoms with Crippen LogP contribution in [0.25, 0.3) is 11.5 Å². The van der Waals surface area contributed by atoms with Gasteiger partial charge in [-0.05, 0) is 24.3 Å². The number of para-hydroxylation sites is 2. The highest BCUT2D eigenvalue weighted by Gasteiger charge is 2.16. The van der Waals surface area contributed by atoms with Crippen LogP contribution in [0.4, 0.5) is 5.69 Å². The Labute approximate surface area is 166 Å². The lowest BCUT2D eigenvalue weighted by atomic mass is 10.2. The maximum Gasteiger partial charge on any atom is 0.277 e. The summed E-state index contributed by atoms with van der Waals surface area (Å²) in [5.41, 5.74) is 1.24. The summed E-state index contributed by atoms with van der Waals surface area (Å²) in [6, 6.07) is 12.5. The predicted octanol–water partition coefficient (Wildman–Crippen LogP) is 3.49. The fraction of sp³-hybridized carbons (Fsp3) is 0.211. The zero-order valence-electron chi connectivity index (χ0n) is 15.6. The molecule has 3 aromatic rings. The standard InChI is InChI=1S/C19H19N3O5S/c1-24-12-8-9-13(16(10-12)26-3)18-21-22-19(27-18)28-11-17(23)20-14-6-4-5-7-15(14)25-2/h4-10H,11H2,1-3H3,(H,20,23). The number of nitrogens with one attached hydrogen (secondary N) is 1. The minimum atomic E-state index is -0.212. The van der Waals surface area contributed by atoms with E-state index in [1.807, 2.05) is 12.1 Å². The third-order valence-corrected chi connectivity index (χ3v) is 4.57. The minimum absolute atomic E-state index is 0.111. The van der Waals surface area contributed by atoms with Gasteiger partial charge in [0, 0.05) is 6.07 Å². The van der Waals surface area contributed by atoms with Crippen molar-refractivity contribution in [3.05, 3.63) is 42.5 Å². The van der Waals surface area contributed by atoms with Crippen molar-refractivity contribution >= 4 is 23.4 Å². The van der Waals surface area contributed by atoms with Gasteiger partial charge in [-0.1, -0.05) is 23.9 Å². The highest BCUT2D eigenvalue weighted by atomic mass is 32.2. The van der Waals surface area contributed by atoms with E-state index in [9.17, 15) is 4.79 Å². The normalized spacial score (nSPS) is 10.4. The van der Waals surface area contributed by atoms with Gasteiger partial charge in [0.1, 0.15) is 17.2 Å². The van der Waals surface area contributed by atoms with E-state index < -0.39 is 0 Å². The molecule has 0 fully saturated rings. The van der Waals surface area contributed by atoms with E-state index >= 15 is 0 Å². The van der Waals surface area contributed by atoms with Crippen LogP contribution in [0, 0.1) is 0 Å². The zero-order valence-corrected chi connectivity index (χ0v) is 16.4. The second kappa shape index (κ2) is 9.14. The molecule has 0 saturated carbocycles. The van der Waals surface area contributed by atoms with Gasteiger partial charge in [-0.3, -0.25) is 4.79 Å². The molecule has 1 amide bonds. The molecule has 3 rings (SSSR count). The van der Waals surface area contributed by atoms with Gasteiger partial charge in [0.25, 0.3) is 11.1 Å². The summed E-state index contributed by atoms with van der Waals surface area (Å²) < 4.78 is 21.4. The molecule has 1 N–H and O–H groups in total. The third-order valence-electron chi connectivity index (χ3n) is 3.75. The highest BCUT2D eigenvalue weighted by molar-refractivity contribution is 7.99. The number of methoxy groups -OCH3 is 3. The monoisotopic (exact) mass is 401 g/mol. The van der Waals surface area contributed by atoms with Crippen LogP contribution >= 0.6 is 11.8 Å². The lowest BCUT2D eigenvalue weighted by molar-refractivity contribution is -0.113. The van der Waals surface area contributed by atoms with Crippen molar-refractivity contribution in [1.82, 2.24) is 10.2 Å². The zero-order chi connectivity index (χ0) is 19.9. The van der Waals surface area contributed by atoms with E-state index in [0.29, 0.717) is 34.4 Å². The molecule has 0 spiro atoms. The van der Waals surface area contributed by atoms with Crippen LogP contribution in [-0.2, 0) is 4.79 Å². The molecule has 8 nitrogen and oxygen atoms in total. The molecular weight excluding hydrogens is 382 g/mol. The lowest BCUT2D eigenvalue weighted by Gasteiger charge is -2.08. The molecule has 9 heteroatoms. The van der Waals surface area contributed by atoms with Crippen LogP contribution in [0.3, 0.4) is 0 Å². The predicted molar refractivity (Wildman–Crippen MR) is 105 cm³/mol. The molecular formula is C19H19N3O5S. The number of anilines is 1. The first kappa shape index (κ1) is 19.6. The molecule has 0 saturated heterocycles. The first-order chi connectivity index (χ1) is 13.6. The number of benzene rings is 2. The van der Waals surface area contributed by atoms with Gasteiger partial charge >= 0.3 is 0 Å². The topological polar surface area (TPSA) is 95.7 Å². The average molecular weight is 401 g/mol. The third kappa shape index (κ3) is 4.55. The van der Waals surface area contributed by atoms with Gasteiger partial charge in [0.2, 0.25) is 5.91 Å². The number of thioether (sulfide) groups is 1. The number of carbonyl (C=O) groups is 1. The summed E-state index contributed by atoms with van der Waals surface area (Å²) >= 11 is 1.14. The van der Waals surface area contributed by atoms with Crippen LogP contribution in [0.5, 0.6) is 17.2 Å². The van der Waals surface area contributed by atoms with E-state index in [2.05, 4.69) is 15.5 Å². The van der Waals surface area contributed by atoms with Gasteiger partial charge in [0.05, 0.1) is 38.3 Å². The van der Waals surface area contributed by atoms with Crippen molar-refractivity contribution in [2.75, 3.05) is 32.4 Å². The van der Waals surface area contributed by atoms with Crippen LogP contribution in [0.15, 0.2) is 52.1 Å². The van der Waals surface area contributed by atoms with E-state index in [-0.39, 0.29) is 16.9 Å². The molecule has 1 heterocycles. The molecule has 28 heavy (non-hydrogen) atoms. The number of ether oxygens (including phenoxy) is 3. The van der Waals surface area contributed by atoms with Crippen LogP contribution in [0.1, 0.15) is 0 Å². The van der Waals surface area contributed by atoms with E-state index in [0.717, 1.165) is 11.8 Å². The Morgan fingerprint density at radius 2 is 1.82 bits per heavy atom. The summed E-state index contributed by atoms with van der Waals surface area (Å²) in [6.45, 7) is 0. The summed E-state index contributed by atoms with van der Waals surface area (Å²) in [5, 5.41) is 11.1. The van der Waals surface area contributed by atoms with Gasteiger partial charge in [-0.15, -0.1) is 10.2 Å². The highest BCUT2D eigenvalue weighted by Crippen LogP contribution is 2.33. The molecule has 0 bridgehead atoms. The molecule has 0 atom stereocenters. The molecule has 0 aliphatic heterocycles. The maximum atomic E-state index is 12.2. The molecule has 0 radical (unpaired) electrons. The largest absolute Gasteiger partial charge is 0.497 e. The first-order valence-corrected chi connectivity index (χ1v) is 9.24. The second-order valence-corrected chi connectivity index (χ2v) is 6.40. The summed E-state index contributed by atoms with van der Waals surface area (Å²) in [4.78, 5) is 12.2. The van der Waals surface area contributed by atoms with Gasteiger partial charge in [-0.25, -0.2) is 0 Å². The Bertz CT molecular complexity index is 960. The molecule has 1 aromatic heterocycles. The van der Waals surface area contributed by atoms with Crippen molar-refractivity contribution < 1.29 is 23.4 Å². The quantitative estimate of drug-likeness (QED) is 0.573. The first-order valence-electron chi connectivity index (χ1n) is 8.26. The second-order valence-electron chi connectivity index (χ2n) is 5.48. The molecule has 146 valence electrons. The Hall–Kier alpha value is -3.20. The van der Waals surface area contributed by atoms with Crippen LogP contribution < -0.4 is 19.5 Å². The van der Waals surface area contributed by atoms with Gasteiger partial charge < -0.3 is 23.9 Å². The smallest absolute Gasteiger partial charge is 0.277 e. The van der Waals surface area contributed by atoms with Crippen molar-refractivity contribution in [1.29, 1.82) is 0 Å². The van der Waals surface area contributed by atoms with Crippen molar-refractivity contribution in [3.63, 3.8) is 0 Å². The van der Waals surface area contributed by atoms with Crippen molar-refractivity contribution in [2.24, 2.45) is 0 Å². The summed E-state index contributed by atoms with van der Waals surface area (Å²) in [6.07, 6.45) is 0. The van der Waals surface area contributed by atoms with Gasteiger partial charge in [0.15, 0.2) is 0 Å². The fourth-order valence-electron chi connectivity index (χ4n) is 2.41. The van der Waals surface area contributed by atoms with E-state index in [1.54, 1.807) is 51.7 Å². The molecule has 0 aliphatic carbocycles. The number of hydrogen-bond donors (Lipinski definition) is 1. The summed E-state index contributed by atoms with van der Waals surface area (Å²) in [5.74, 6) is 1.99. The van der Waals surface area contributed by atoms with Crippen LogP contribution in [0.2, 0.25) is 0 Å².